The highest BCUT2D eigenvalue weighted by Crippen LogP contribution is 2.42. The van der Waals surface area contributed by atoms with E-state index >= 15 is 0 Å². The van der Waals surface area contributed by atoms with Gasteiger partial charge in [0.1, 0.15) is 22.4 Å². The van der Waals surface area contributed by atoms with Crippen molar-refractivity contribution in [1.82, 2.24) is 0 Å². The molecule has 0 saturated carbocycles. The van der Waals surface area contributed by atoms with E-state index in [1.807, 2.05) is 38.1 Å². The van der Waals surface area contributed by atoms with Gasteiger partial charge in [-0.05, 0) is 74.2 Å². The second kappa shape index (κ2) is 11.8. The van der Waals surface area contributed by atoms with E-state index < -0.39 is 11.2 Å². The molecule has 0 aliphatic carbocycles. The maximum atomic E-state index is 13.7. The molecule has 1 aliphatic rings. The first-order chi connectivity index (χ1) is 17.9. The Hall–Kier alpha value is -4.02. The summed E-state index contributed by atoms with van der Waals surface area (Å²) < 4.78 is 5.54. The maximum absolute atomic E-state index is 13.7. The van der Waals surface area contributed by atoms with Crippen LogP contribution in [0, 0.1) is 18.3 Å². The number of aryl methyl sites for hydroxylation is 2. The molecule has 0 aromatic heterocycles. The number of ether oxygens (including phenoxy) is 1. The highest BCUT2D eigenvalue weighted by Gasteiger charge is 2.40. The molecule has 4 rings (SSSR count). The summed E-state index contributed by atoms with van der Waals surface area (Å²) in [5.41, 5.74) is 4.37. The van der Waals surface area contributed by atoms with Gasteiger partial charge in [0.05, 0.1) is 11.9 Å². The van der Waals surface area contributed by atoms with Crippen LogP contribution in [0.2, 0.25) is 0 Å². The maximum Gasteiger partial charge on any atom is 0.269 e. The second-order valence-corrected chi connectivity index (χ2v) is 9.88. The van der Waals surface area contributed by atoms with Crippen molar-refractivity contribution in [3.8, 4) is 11.8 Å². The molecule has 2 amide bonds. The average molecular weight is 512 g/mol. The molecule has 1 saturated heterocycles. The van der Waals surface area contributed by atoms with E-state index in [0.29, 0.717) is 35.2 Å². The van der Waals surface area contributed by atoms with Crippen LogP contribution in [-0.4, -0.2) is 23.7 Å². The molecule has 3 aromatic rings. The smallest absolute Gasteiger partial charge is 0.269 e. The minimum Gasteiger partial charge on any atom is -0.494 e. The molecule has 3 aromatic carbocycles. The van der Waals surface area contributed by atoms with Crippen molar-refractivity contribution in [2.45, 2.75) is 38.9 Å². The number of nitrogens with one attached hydrogen (secondary N) is 1. The molecule has 1 unspecified atom stereocenters. The molecule has 188 valence electrons. The van der Waals surface area contributed by atoms with Crippen molar-refractivity contribution in [2.24, 2.45) is 0 Å². The fourth-order valence-electron chi connectivity index (χ4n) is 4.04. The predicted octanol–water partition coefficient (Wildman–Crippen LogP) is 6.02. The Morgan fingerprint density at radius 1 is 1.00 bits per heavy atom. The highest BCUT2D eigenvalue weighted by atomic mass is 32.2. The summed E-state index contributed by atoms with van der Waals surface area (Å²) in [5, 5.41) is 12.7. The summed E-state index contributed by atoms with van der Waals surface area (Å²) in [5.74, 6) is -0.0357. The zero-order valence-corrected chi connectivity index (χ0v) is 22.0. The van der Waals surface area contributed by atoms with Crippen molar-refractivity contribution in [3.63, 3.8) is 0 Å². The van der Waals surface area contributed by atoms with E-state index in [2.05, 4.69) is 30.4 Å². The molecule has 37 heavy (non-hydrogen) atoms. The normalized spacial score (nSPS) is 16.3. The van der Waals surface area contributed by atoms with Crippen molar-refractivity contribution >= 4 is 35.0 Å². The van der Waals surface area contributed by atoms with E-state index in [1.165, 1.54) is 22.2 Å². The van der Waals surface area contributed by atoms with Crippen LogP contribution in [0.4, 0.5) is 11.4 Å². The predicted molar refractivity (Wildman–Crippen MR) is 148 cm³/mol. The SMILES string of the molecule is CCOc1ccc(N2C(=O)C(Cc3ccc(CC)cc3)S/C2=C(/C#N)C(=O)Nc2ccc(C)cc2)cc1. The zero-order valence-electron chi connectivity index (χ0n) is 21.2. The van der Waals surface area contributed by atoms with E-state index in [1.54, 1.807) is 36.4 Å². The van der Waals surface area contributed by atoms with E-state index in [0.717, 1.165) is 17.5 Å². The third-order valence-corrected chi connectivity index (χ3v) is 7.34. The molecule has 1 heterocycles. The Labute approximate surface area is 221 Å². The summed E-state index contributed by atoms with van der Waals surface area (Å²) in [6.45, 7) is 6.49. The van der Waals surface area contributed by atoms with Crippen LogP contribution in [-0.2, 0) is 22.4 Å². The minimum atomic E-state index is -0.550. The molecule has 1 fully saturated rings. The van der Waals surface area contributed by atoms with Gasteiger partial charge < -0.3 is 10.1 Å². The summed E-state index contributed by atoms with van der Waals surface area (Å²) >= 11 is 1.26. The Kier molecular flexibility index (Phi) is 8.32. The number of nitrogens with zero attached hydrogens (tertiary/aromatic N) is 2. The summed E-state index contributed by atoms with van der Waals surface area (Å²) in [4.78, 5) is 28.4. The number of rotatable bonds is 8. The van der Waals surface area contributed by atoms with Crippen molar-refractivity contribution in [1.29, 1.82) is 5.26 Å². The van der Waals surface area contributed by atoms with Crippen LogP contribution in [0.25, 0.3) is 0 Å². The number of anilines is 2. The topological polar surface area (TPSA) is 82.4 Å². The standard InChI is InChI=1S/C30H29N3O3S/c1-4-21-8-10-22(11-9-21)18-27-29(35)33(24-14-16-25(17-15-24)36-5-2)30(37-27)26(19-31)28(34)32-23-12-6-20(3)7-13-23/h6-17,27H,4-5,18H2,1-3H3,(H,32,34)/b30-26-. The lowest BCUT2D eigenvalue weighted by molar-refractivity contribution is -0.117. The quantitative estimate of drug-likeness (QED) is 0.295. The number of hydrogen-bond donors (Lipinski definition) is 1. The Balaban J connectivity index is 1.69. The van der Waals surface area contributed by atoms with Crippen LogP contribution in [0.15, 0.2) is 83.4 Å². The van der Waals surface area contributed by atoms with E-state index in [9.17, 15) is 14.9 Å². The lowest BCUT2D eigenvalue weighted by Crippen LogP contribution is -2.30. The van der Waals surface area contributed by atoms with Crippen LogP contribution < -0.4 is 15.0 Å². The first kappa shape index (κ1) is 26.1. The summed E-state index contributed by atoms with van der Waals surface area (Å²) in [7, 11) is 0. The lowest BCUT2D eigenvalue weighted by atomic mass is 10.1. The first-order valence-corrected chi connectivity index (χ1v) is 13.1. The van der Waals surface area contributed by atoms with Gasteiger partial charge in [0, 0.05) is 11.4 Å². The van der Waals surface area contributed by atoms with Gasteiger partial charge in [-0.3, -0.25) is 14.5 Å². The average Bonchev–Trinajstić information content (AvgIpc) is 3.22. The third-order valence-electron chi connectivity index (χ3n) is 6.07. The van der Waals surface area contributed by atoms with Gasteiger partial charge in [0.15, 0.2) is 0 Å². The molecule has 0 bridgehead atoms. The third kappa shape index (κ3) is 6.04. The molecule has 0 spiro atoms. The number of nitriles is 1. The van der Waals surface area contributed by atoms with Crippen LogP contribution in [0.5, 0.6) is 5.75 Å². The van der Waals surface area contributed by atoms with Gasteiger partial charge in [0.2, 0.25) is 5.91 Å². The number of carbonyl (C=O) groups excluding carboxylic acids is 2. The molecule has 1 atom stereocenters. The largest absolute Gasteiger partial charge is 0.494 e. The van der Waals surface area contributed by atoms with E-state index in [-0.39, 0.29) is 11.5 Å². The van der Waals surface area contributed by atoms with Gasteiger partial charge in [0.25, 0.3) is 5.91 Å². The van der Waals surface area contributed by atoms with Gasteiger partial charge in [-0.1, -0.05) is 60.6 Å². The molecule has 7 heteroatoms. The molecular weight excluding hydrogens is 482 g/mol. The second-order valence-electron chi connectivity index (χ2n) is 8.69. The lowest BCUT2D eigenvalue weighted by Gasteiger charge is -2.19. The summed E-state index contributed by atoms with van der Waals surface area (Å²) in [6.07, 6.45) is 1.43. The molecule has 6 nitrogen and oxygen atoms in total. The van der Waals surface area contributed by atoms with Crippen molar-refractivity contribution < 1.29 is 14.3 Å². The minimum absolute atomic E-state index is 0.100. The van der Waals surface area contributed by atoms with Crippen LogP contribution in [0.1, 0.15) is 30.5 Å². The van der Waals surface area contributed by atoms with Gasteiger partial charge >= 0.3 is 0 Å². The van der Waals surface area contributed by atoms with Crippen molar-refractivity contribution in [2.75, 3.05) is 16.8 Å². The Bertz CT molecular complexity index is 1340. The Morgan fingerprint density at radius 3 is 2.24 bits per heavy atom. The number of benzene rings is 3. The fraction of sp³-hybridized carbons (Fsp3) is 0.233. The fourth-order valence-corrected chi connectivity index (χ4v) is 5.34. The summed E-state index contributed by atoms with van der Waals surface area (Å²) in [6, 6.07) is 24.7. The molecule has 1 N–H and O–H groups in total. The number of thioether (sulfide) groups is 1. The number of hydrogen-bond acceptors (Lipinski definition) is 5. The number of carbonyl (C=O) groups is 2. The van der Waals surface area contributed by atoms with Gasteiger partial charge in [-0.15, -0.1) is 0 Å². The molecule has 1 aliphatic heterocycles. The number of amides is 2. The Morgan fingerprint density at radius 2 is 1.65 bits per heavy atom. The van der Waals surface area contributed by atoms with E-state index in [4.69, 9.17) is 4.74 Å². The van der Waals surface area contributed by atoms with Crippen LogP contribution >= 0.6 is 11.8 Å². The zero-order chi connectivity index (χ0) is 26.4. The van der Waals surface area contributed by atoms with Crippen LogP contribution in [0.3, 0.4) is 0 Å². The van der Waals surface area contributed by atoms with Gasteiger partial charge in [-0.2, -0.15) is 5.26 Å². The first-order valence-electron chi connectivity index (χ1n) is 12.3. The van der Waals surface area contributed by atoms with Crippen molar-refractivity contribution in [3.05, 3.63) is 100 Å². The monoisotopic (exact) mass is 511 g/mol. The van der Waals surface area contributed by atoms with Gasteiger partial charge in [-0.25, -0.2) is 0 Å². The molecule has 0 radical (unpaired) electrons. The highest BCUT2D eigenvalue weighted by molar-refractivity contribution is 8.05. The molecular formula is C30H29N3O3S.